The molecule has 2 nitrogen and oxygen atoms in total. The summed E-state index contributed by atoms with van der Waals surface area (Å²) in [5, 5.41) is 2.04. The van der Waals surface area contributed by atoms with E-state index in [1.807, 2.05) is 5.01 Å². The van der Waals surface area contributed by atoms with Crippen LogP contribution in [0.4, 0.5) is 0 Å². The van der Waals surface area contributed by atoms with Gasteiger partial charge in [-0.25, -0.2) is 5.01 Å². The van der Waals surface area contributed by atoms with Crippen LogP contribution in [0.3, 0.4) is 0 Å². The predicted molar refractivity (Wildman–Crippen MR) is 41.2 cm³/mol. The first-order valence-corrected chi connectivity index (χ1v) is 4.13. The van der Waals surface area contributed by atoms with E-state index >= 15 is 0 Å². The number of piperidine rings is 1. The van der Waals surface area contributed by atoms with E-state index in [9.17, 15) is 0 Å². The van der Waals surface area contributed by atoms with Gasteiger partial charge in [0.2, 0.25) is 0 Å². The molecule has 2 rings (SSSR count). The average molecular weight is 140 g/mol. The number of rotatable bonds is 0. The van der Waals surface area contributed by atoms with Gasteiger partial charge in [0.05, 0.1) is 0 Å². The minimum absolute atomic E-state index is 0.495. The van der Waals surface area contributed by atoms with Gasteiger partial charge < -0.3 is 0 Å². The minimum atomic E-state index is 0.495. The molecule has 0 aromatic rings. The van der Waals surface area contributed by atoms with Gasteiger partial charge in [-0.05, 0) is 24.2 Å². The van der Waals surface area contributed by atoms with Gasteiger partial charge in [-0.3, -0.25) is 5.84 Å². The van der Waals surface area contributed by atoms with Gasteiger partial charge in [0, 0.05) is 12.6 Å². The number of hydrogen-bond donors (Lipinski definition) is 1. The van der Waals surface area contributed by atoms with Crippen molar-refractivity contribution < 1.29 is 0 Å². The van der Waals surface area contributed by atoms with Crippen LogP contribution in [-0.4, -0.2) is 17.6 Å². The highest BCUT2D eigenvalue weighted by Crippen LogP contribution is 2.49. The largest absolute Gasteiger partial charge is 0.269 e. The molecule has 2 fully saturated rings. The summed E-state index contributed by atoms with van der Waals surface area (Å²) in [6.07, 6.45) is 2.71. The molecular formula is C8H16N2. The fourth-order valence-corrected chi connectivity index (χ4v) is 2.68. The Bertz CT molecular complexity index is 153. The Morgan fingerprint density at radius 2 is 2.10 bits per heavy atom. The number of nitrogens with two attached hydrogens (primary N) is 1. The van der Waals surface area contributed by atoms with E-state index in [4.69, 9.17) is 5.84 Å². The van der Waals surface area contributed by atoms with E-state index in [-0.39, 0.29) is 0 Å². The molecule has 1 saturated heterocycles. The van der Waals surface area contributed by atoms with E-state index < -0.39 is 0 Å². The minimum Gasteiger partial charge on any atom is -0.269 e. The molecule has 0 aromatic carbocycles. The van der Waals surface area contributed by atoms with E-state index in [2.05, 4.69) is 13.8 Å². The van der Waals surface area contributed by atoms with Gasteiger partial charge in [0.25, 0.3) is 0 Å². The van der Waals surface area contributed by atoms with Crippen LogP contribution < -0.4 is 5.84 Å². The van der Waals surface area contributed by atoms with Crippen LogP contribution in [0.5, 0.6) is 0 Å². The molecule has 2 aliphatic rings. The summed E-state index contributed by atoms with van der Waals surface area (Å²) >= 11 is 0. The molecule has 1 saturated carbocycles. The third-order valence-electron chi connectivity index (χ3n) is 3.53. The average Bonchev–Trinajstić information content (AvgIpc) is 2.20. The van der Waals surface area contributed by atoms with Crippen molar-refractivity contribution in [3.63, 3.8) is 0 Å². The molecule has 1 heterocycles. The molecule has 0 spiro atoms. The summed E-state index contributed by atoms with van der Waals surface area (Å²) in [4.78, 5) is 0. The number of nitrogens with zero attached hydrogens (tertiary/aromatic N) is 1. The summed E-state index contributed by atoms with van der Waals surface area (Å²) in [5.74, 6) is 6.69. The summed E-state index contributed by atoms with van der Waals surface area (Å²) in [5.41, 5.74) is 0.495. The molecule has 1 aliphatic heterocycles. The maximum atomic E-state index is 5.83. The molecule has 10 heavy (non-hydrogen) atoms. The number of hydrazine groups is 1. The van der Waals surface area contributed by atoms with Gasteiger partial charge in [-0.2, -0.15) is 0 Å². The first-order chi connectivity index (χ1) is 4.62. The van der Waals surface area contributed by atoms with Gasteiger partial charge in [0.15, 0.2) is 0 Å². The van der Waals surface area contributed by atoms with Crippen molar-refractivity contribution in [3.05, 3.63) is 0 Å². The first-order valence-electron chi connectivity index (χ1n) is 4.13. The molecule has 0 amide bonds. The fourth-order valence-electron chi connectivity index (χ4n) is 2.68. The molecule has 2 bridgehead atoms. The number of hydrogen-bond acceptors (Lipinski definition) is 2. The maximum absolute atomic E-state index is 5.83. The Kier molecular flexibility index (Phi) is 1.15. The van der Waals surface area contributed by atoms with Crippen LogP contribution in [0.25, 0.3) is 0 Å². The molecule has 2 atom stereocenters. The Morgan fingerprint density at radius 3 is 2.30 bits per heavy atom. The molecule has 2 unspecified atom stereocenters. The Hall–Kier alpha value is -0.0800. The Balaban J connectivity index is 2.27. The molecule has 2 N–H and O–H groups in total. The molecule has 1 aliphatic carbocycles. The SMILES string of the molecule is CC1(C)C2CCC1N(N)C2. The molecule has 0 radical (unpaired) electrons. The quantitative estimate of drug-likeness (QED) is 0.508. The lowest BCUT2D eigenvalue weighted by molar-refractivity contribution is 0.190. The van der Waals surface area contributed by atoms with Crippen LogP contribution in [0.2, 0.25) is 0 Å². The fraction of sp³-hybridized carbons (Fsp3) is 1.00. The van der Waals surface area contributed by atoms with Crippen molar-refractivity contribution in [2.45, 2.75) is 32.7 Å². The monoisotopic (exact) mass is 140 g/mol. The lowest BCUT2D eigenvalue weighted by atomic mass is 9.83. The zero-order valence-electron chi connectivity index (χ0n) is 6.80. The second kappa shape index (κ2) is 1.74. The standard InChI is InChI=1S/C8H16N2/c1-8(2)6-3-4-7(8)10(9)5-6/h6-7H,3-5,9H2,1-2H3. The Labute approximate surface area is 62.4 Å². The van der Waals surface area contributed by atoms with E-state index in [0.717, 1.165) is 12.5 Å². The third-order valence-corrected chi connectivity index (χ3v) is 3.53. The van der Waals surface area contributed by atoms with Gasteiger partial charge in [-0.15, -0.1) is 0 Å². The molecule has 0 aromatic heterocycles. The Morgan fingerprint density at radius 1 is 1.40 bits per heavy atom. The van der Waals surface area contributed by atoms with E-state index in [0.29, 0.717) is 11.5 Å². The third kappa shape index (κ3) is 0.611. The van der Waals surface area contributed by atoms with E-state index in [1.165, 1.54) is 12.8 Å². The van der Waals surface area contributed by atoms with Crippen LogP contribution in [0, 0.1) is 11.3 Å². The number of fused-ring (bicyclic) bond motifs is 2. The van der Waals surface area contributed by atoms with Crippen molar-refractivity contribution in [2.75, 3.05) is 6.54 Å². The lowest BCUT2D eigenvalue weighted by Gasteiger charge is -2.25. The second-order valence-corrected chi connectivity index (χ2v) is 4.31. The molecular weight excluding hydrogens is 124 g/mol. The van der Waals surface area contributed by atoms with Gasteiger partial charge in [0.1, 0.15) is 0 Å². The first kappa shape index (κ1) is 6.62. The summed E-state index contributed by atoms with van der Waals surface area (Å²) < 4.78 is 0. The van der Waals surface area contributed by atoms with Crippen molar-refractivity contribution in [2.24, 2.45) is 17.2 Å². The van der Waals surface area contributed by atoms with Crippen molar-refractivity contribution in [3.8, 4) is 0 Å². The zero-order valence-corrected chi connectivity index (χ0v) is 6.80. The highest BCUT2D eigenvalue weighted by Gasteiger charge is 2.51. The van der Waals surface area contributed by atoms with Crippen LogP contribution in [0.1, 0.15) is 26.7 Å². The van der Waals surface area contributed by atoms with Crippen LogP contribution >= 0.6 is 0 Å². The summed E-state index contributed by atoms with van der Waals surface area (Å²) in [6.45, 7) is 5.82. The maximum Gasteiger partial charge on any atom is 0.0295 e. The van der Waals surface area contributed by atoms with Crippen molar-refractivity contribution in [1.29, 1.82) is 0 Å². The highest BCUT2D eigenvalue weighted by molar-refractivity contribution is 5.02. The second-order valence-electron chi connectivity index (χ2n) is 4.31. The summed E-state index contributed by atoms with van der Waals surface area (Å²) in [7, 11) is 0. The normalized spacial score (nSPS) is 44.7. The molecule has 58 valence electrons. The molecule has 2 heteroatoms. The van der Waals surface area contributed by atoms with Crippen molar-refractivity contribution >= 4 is 0 Å². The summed E-state index contributed by atoms with van der Waals surface area (Å²) in [6, 6.07) is 0.664. The van der Waals surface area contributed by atoms with Crippen LogP contribution in [0.15, 0.2) is 0 Å². The van der Waals surface area contributed by atoms with E-state index in [1.54, 1.807) is 0 Å². The van der Waals surface area contributed by atoms with Gasteiger partial charge >= 0.3 is 0 Å². The topological polar surface area (TPSA) is 29.3 Å². The van der Waals surface area contributed by atoms with Crippen LogP contribution in [-0.2, 0) is 0 Å². The van der Waals surface area contributed by atoms with Gasteiger partial charge in [-0.1, -0.05) is 13.8 Å². The zero-order chi connectivity index (χ0) is 7.35. The lowest BCUT2D eigenvalue weighted by Crippen LogP contribution is -2.40. The smallest absolute Gasteiger partial charge is 0.0295 e. The van der Waals surface area contributed by atoms with Crippen molar-refractivity contribution in [1.82, 2.24) is 5.01 Å². The highest BCUT2D eigenvalue weighted by atomic mass is 15.4. The predicted octanol–water partition coefficient (Wildman–Crippen LogP) is 0.980.